The van der Waals surface area contributed by atoms with Crippen LogP contribution in [0.4, 0.5) is 10.1 Å². The largest absolute Gasteiger partial charge is 0.304 e. The zero-order chi connectivity index (χ0) is 20.4. The number of fused-ring (bicyclic) bond motifs is 1. The first-order valence-corrected chi connectivity index (χ1v) is 9.27. The molecule has 0 aliphatic carbocycles. The summed E-state index contributed by atoms with van der Waals surface area (Å²) in [6.45, 7) is 1.76. The molecule has 0 saturated heterocycles. The minimum atomic E-state index is -0.457. The van der Waals surface area contributed by atoms with Crippen molar-refractivity contribution in [3.05, 3.63) is 102 Å². The van der Waals surface area contributed by atoms with Gasteiger partial charge in [0, 0.05) is 24.2 Å². The average Bonchev–Trinajstić information content (AvgIpc) is 3.12. The normalized spacial score (nSPS) is 10.8. The van der Waals surface area contributed by atoms with Crippen LogP contribution in [0.1, 0.15) is 27.6 Å². The molecule has 0 radical (unpaired) electrons. The Bertz CT molecular complexity index is 1180. The first kappa shape index (κ1) is 18.6. The van der Waals surface area contributed by atoms with Crippen LogP contribution in [0.3, 0.4) is 0 Å². The summed E-state index contributed by atoms with van der Waals surface area (Å²) in [6.07, 6.45) is 1.50. The number of carbonyl (C=O) groups excluding carboxylic acids is 2. The fraction of sp³-hybridized carbons (Fsp3) is 0.0833. The number of amides is 1. The van der Waals surface area contributed by atoms with Gasteiger partial charge >= 0.3 is 0 Å². The molecule has 0 N–H and O–H groups in total. The van der Waals surface area contributed by atoms with Crippen molar-refractivity contribution >= 4 is 28.4 Å². The van der Waals surface area contributed by atoms with Gasteiger partial charge in [0.05, 0.1) is 17.6 Å². The van der Waals surface area contributed by atoms with Gasteiger partial charge in [-0.25, -0.2) is 4.39 Å². The summed E-state index contributed by atoms with van der Waals surface area (Å²) in [5, 5.41) is 0.542. The van der Waals surface area contributed by atoms with Gasteiger partial charge in [0.15, 0.2) is 0 Å². The Morgan fingerprint density at radius 3 is 2.24 bits per heavy atom. The highest BCUT2D eigenvalue weighted by atomic mass is 19.1. The number of nitrogens with zero attached hydrogens (tertiary/aromatic N) is 2. The monoisotopic (exact) mass is 386 g/mol. The second-order valence-corrected chi connectivity index (χ2v) is 6.81. The Hall–Kier alpha value is -3.73. The molecule has 1 aromatic heterocycles. The Kier molecular flexibility index (Phi) is 4.96. The van der Waals surface area contributed by atoms with Gasteiger partial charge < -0.3 is 4.90 Å². The van der Waals surface area contributed by atoms with Crippen LogP contribution >= 0.6 is 0 Å². The minimum Gasteiger partial charge on any atom is -0.304 e. The second kappa shape index (κ2) is 7.72. The van der Waals surface area contributed by atoms with E-state index in [0.29, 0.717) is 23.0 Å². The topological polar surface area (TPSA) is 42.3 Å². The molecule has 0 fully saturated rings. The summed E-state index contributed by atoms with van der Waals surface area (Å²) in [5.74, 6) is -0.994. The molecule has 0 atom stereocenters. The third-order valence-corrected chi connectivity index (χ3v) is 4.83. The number of para-hydroxylation sites is 1. The van der Waals surface area contributed by atoms with Gasteiger partial charge in [0.25, 0.3) is 5.91 Å². The number of hydrogen-bond acceptors (Lipinski definition) is 2. The van der Waals surface area contributed by atoms with E-state index in [2.05, 4.69) is 0 Å². The lowest BCUT2D eigenvalue weighted by Crippen LogP contribution is -2.30. The zero-order valence-corrected chi connectivity index (χ0v) is 15.9. The molecule has 0 spiro atoms. The molecule has 4 aromatic rings. The van der Waals surface area contributed by atoms with Gasteiger partial charge in [0.1, 0.15) is 5.82 Å². The summed E-state index contributed by atoms with van der Waals surface area (Å²) < 4.78 is 15.1. The predicted octanol–water partition coefficient (Wildman–Crippen LogP) is 5.29. The van der Waals surface area contributed by atoms with Gasteiger partial charge in [0.2, 0.25) is 5.91 Å². The number of benzene rings is 3. The van der Waals surface area contributed by atoms with Crippen molar-refractivity contribution in [2.24, 2.45) is 0 Å². The quantitative estimate of drug-likeness (QED) is 0.478. The molecule has 0 aliphatic heterocycles. The molecule has 4 nitrogen and oxygen atoms in total. The highest BCUT2D eigenvalue weighted by Crippen LogP contribution is 2.27. The Balaban J connectivity index is 1.83. The Labute approximate surface area is 167 Å². The summed E-state index contributed by atoms with van der Waals surface area (Å²) in [4.78, 5) is 27.3. The summed E-state index contributed by atoms with van der Waals surface area (Å²) in [5.41, 5.74) is 2.46. The lowest BCUT2D eigenvalue weighted by Gasteiger charge is -2.23. The number of rotatable bonds is 4. The van der Waals surface area contributed by atoms with Crippen LogP contribution < -0.4 is 4.90 Å². The maximum Gasteiger partial charge on any atom is 0.260 e. The minimum absolute atomic E-state index is 0.253. The number of hydrogen-bond donors (Lipinski definition) is 0. The van der Waals surface area contributed by atoms with E-state index in [1.54, 1.807) is 11.0 Å². The van der Waals surface area contributed by atoms with E-state index in [1.165, 1.54) is 29.8 Å². The highest BCUT2D eigenvalue weighted by molar-refractivity contribution is 6.15. The van der Waals surface area contributed by atoms with E-state index < -0.39 is 5.82 Å². The Morgan fingerprint density at radius 1 is 0.931 bits per heavy atom. The maximum absolute atomic E-state index is 13.8. The van der Waals surface area contributed by atoms with E-state index in [-0.39, 0.29) is 11.8 Å². The third-order valence-electron chi connectivity index (χ3n) is 4.83. The van der Waals surface area contributed by atoms with E-state index in [1.807, 2.05) is 60.7 Å². The first-order chi connectivity index (χ1) is 14.0. The van der Waals surface area contributed by atoms with Crippen LogP contribution in [-0.4, -0.2) is 16.4 Å². The molecule has 1 amide bonds. The third kappa shape index (κ3) is 3.67. The molecule has 0 bridgehead atoms. The van der Waals surface area contributed by atoms with Gasteiger partial charge in [-0.2, -0.15) is 0 Å². The van der Waals surface area contributed by atoms with Gasteiger partial charge in [-0.3, -0.25) is 14.2 Å². The standard InChI is InChI=1S/C24H19FN2O2/c1-17(28)26-16-22(21-13-12-19(25)14-23(21)26)24(29)27(20-10-6-3-7-11-20)15-18-8-4-2-5-9-18/h2-14,16H,15H2,1H3. The van der Waals surface area contributed by atoms with Gasteiger partial charge in [-0.05, 0) is 35.9 Å². The molecule has 3 aromatic carbocycles. The molecular weight excluding hydrogens is 367 g/mol. The molecular formula is C24H19FN2O2. The number of aromatic nitrogens is 1. The summed E-state index contributed by atoms with van der Waals surface area (Å²) in [7, 11) is 0. The molecule has 5 heteroatoms. The molecule has 0 unspecified atom stereocenters. The van der Waals surface area contributed by atoms with Crippen molar-refractivity contribution in [2.75, 3.05) is 4.90 Å². The molecule has 4 rings (SSSR count). The number of anilines is 1. The van der Waals surface area contributed by atoms with Crippen molar-refractivity contribution in [2.45, 2.75) is 13.5 Å². The van der Waals surface area contributed by atoms with Crippen molar-refractivity contribution in [3.8, 4) is 0 Å². The van der Waals surface area contributed by atoms with E-state index in [9.17, 15) is 14.0 Å². The Morgan fingerprint density at radius 2 is 1.59 bits per heavy atom. The van der Waals surface area contributed by atoms with E-state index >= 15 is 0 Å². The van der Waals surface area contributed by atoms with Crippen LogP contribution in [0.25, 0.3) is 10.9 Å². The van der Waals surface area contributed by atoms with Crippen LogP contribution in [0.5, 0.6) is 0 Å². The zero-order valence-electron chi connectivity index (χ0n) is 15.9. The van der Waals surface area contributed by atoms with Crippen LogP contribution in [0.15, 0.2) is 85.1 Å². The average molecular weight is 386 g/mol. The van der Waals surface area contributed by atoms with Crippen molar-refractivity contribution in [3.63, 3.8) is 0 Å². The molecule has 1 heterocycles. The fourth-order valence-electron chi connectivity index (χ4n) is 3.43. The van der Waals surface area contributed by atoms with Gasteiger partial charge in [-0.1, -0.05) is 48.5 Å². The molecule has 0 saturated carbocycles. The highest BCUT2D eigenvalue weighted by Gasteiger charge is 2.23. The number of carbonyl (C=O) groups is 2. The summed E-state index contributed by atoms with van der Waals surface area (Å²) >= 11 is 0. The lowest BCUT2D eigenvalue weighted by molar-refractivity contribution is 0.0941. The fourth-order valence-corrected chi connectivity index (χ4v) is 3.43. The lowest BCUT2D eigenvalue weighted by atomic mass is 10.1. The van der Waals surface area contributed by atoms with Crippen molar-refractivity contribution < 1.29 is 14.0 Å². The van der Waals surface area contributed by atoms with Gasteiger partial charge in [-0.15, -0.1) is 0 Å². The van der Waals surface area contributed by atoms with Crippen LogP contribution in [0.2, 0.25) is 0 Å². The van der Waals surface area contributed by atoms with Crippen LogP contribution in [0, 0.1) is 5.82 Å². The summed E-state index contributed by atoms with van der Waals surface area (Å²) in [6, 6.07) is 23.2. The maximum atomic E-state index is 13.8. The van der Waals surface area contributed by atoms with E-state index in [4.69, 9.17) is 0 Å². The SMILES string of the molecule is CC(=O)n1cc(C(=O)N(Cc2ccccc2)c2ccccc2)c2ccc(F)cc21. The number of halogens is 1. The van der Waals surface area contributed by atoms with Crippen LogP contribution in [-0.2, 0) is 6.54 Å². The smallest absolute Gasteiger partial charge is 0.260 e. The van der Waals surface area contributed by atoms with E-state index in [0.717, 1.165) is 11.3 Å². The molecule has 29 heavy (non-hydrogen) atoms. The predicted molar refractivity (Wildman–Crippen MR) is 112 cm³/mol. The second-order valence-electron chi connectivity index (χ2n) is 6.81. The first-order valence-electron chi connectivity index (χ1n) is 9.27. The van der Waals surface area contributed by atoms with Crippen molar-refractivity contribution in [1.29, 1.82) is 0 Å². The molecule has 0 aliphatic rings. The van der Waals surface area contributed by atoms with Crippen molar-refractivity contribution in [1.82, 2.24) is 4.57 Å². The molecule has 144 valence electrons.